The molecule has 0 atom stereocenters. The van der Waals surface area contributed by atoms with Crippen LogP contribution in [-0.2, 0) is 13.1 Å². The van der Waals surface area contributed by atoms with Crippen LogP contribution in [0.25, 0.3) is 22.4 Å². The molecule has 0 fully saturated rings. The molecule has 3 rings (SSSR count). The van der Waals surface area contributed by atoms with Crippen LogP contribution in [0.5, 0.6) is 0 Å². The first-order chi connectivity index (χ1) is 12.9. The van der Waals surface area contributed by atoms with E-state index in [9.17, 15) is 4.79 Å². The Labute approximate surface area is 161 Å². The van der Waals surface area contributed by atoms with Gasteiger partial charge in [0.25, 0.3) is 5.56 Å². The molecule has 1 heterocycles. The summed E-state index contributed by atoms with van der Waals surface area (Å²) in [4.78, 5) is 14.7. The predicted molar refractivity (Wildman–Crippen MR) is 112 cm³/mol. The zero-order valence-corrected chi connectivity index (χ0v) is 16.5. The molecule has 0 unspecified atom stereocenters. The minimum atomic E-state index is 0.00190. The minimum absolute atomic E-state index is 0.00190. The molecule has 27 heavy (non-hydrogen) atoms. The van der Waals surface area contributed by atoms with E-state index in [1.54, 1.807) is 4.68 Å². The quantitative estimate of drug-likeness (QED) is 0.657. The third-order valence-electron chi connectivity index (χ3n) is 4.36. The molecule has 0 spiro atoms. The first-order valence-corrected chi connectivity index (χ1v) is 9.35. The molecule has 0 aliphatic rings. The number of benzene rings is 2. The van der Waals surface area contributed by atoms with Gasteiger partial charge in [-0.1, -0.05) is 68.4 Å². The molecule has 0 N–H and O–H groups in total. The van der Waals surface area contributed by atoms with E-state index >= 15 is 0 Å². The average molecular weight is 361 g/mol. The smallest absolute Gasteiger partial charge is 0.271 e. The highest BCUT2D eigenvalue weighted by atomic mass is 16.1. The monoisotopic (exact) mass is 361 g/mol. The molecule has 0 bridgehead atoms. The summed E-state index contributed by atoms with van der Waals surface area (Å²) in [7, 11) is 3.95. The summed E-state index contributed by atoms with van der Waals surface area (Å²) < 4.78 is 1.62. The first kappa shape index (κ1) is 19.1. The maximum atomic E-state index is 12.7. The molecule has 0 aliphatic carbocycles. The highest BCUT2D eigenvalue weighted by Crippen LogP contribution is 2.24. The van der Waals surface area contributed by atoms with Gasteiger partial charge in [0, 0.05) is 24.2 Å². The van der Waals surface area contributed by atoms with Crippen LogP contribution in [0.1, 0.15) is 19.4 Å². The molecule has 140 valence electrons. The highest BCUT2D eigenvalue weighted by Gasteiger charge is 2.12. The summed E-state index contributed by atoms with van der Waals surface area (Å²) in [5.41, 5.74) is 5.00. The molecule has 4 nitrogen and oxygen atoms in total. The highest BCUT2D eigenvalue weighted by molar-refractivity contribution is 5.68. The molecule has 0 saturated carbocycles. The number of hydrogen-bond donors (Lipinski definition) is 0. The molecule has 2 aromatic carbocycles. The maximum Gasteiger partial charge on any atom is 0.271 e. The number of nitrogens with zero attached hydrogens (tertiary/aromatic N) is 3. The van der Waals surface area contributed by atoms with Crippen molar-refractivity contribution in [1.29, 1.82) is 0 Å². The van der Waals surface area contributed by atoms with Crippen LogP contribution in [0.15, 0.2) is 65.5 Å². The van der Waals surface area contributed by atoms with Gasteiger partial charge >= 0.3 is 0 Å². The summed E-state index contributed by atoms with van der Waals surface area (Å²) in [6.45, 7) is 5.42. The molecular formula is C23H27N3O. The van der Waals surface area contributed by atoms with Gasteiger partial charge in [-0.25, -0.2) is 4.68 Å². The van der Waals surface area contributed by atoms with E-state index in [0.29, 0.717) is 19.0 Å². The molecule has 1 aromatic heterocycles. The fraction of sp³-hybridized carbons (Fsp3) is 0.304. The van der Waals surface area contributed by atoms with Crippen molar-refractivity contribution in [3.63, 3.8) is 0 Å². The zero-order valence-electron chi connectivity index (χ0n) is 16.5. The summed E-state index contributed by atoms with van der Waals surface area (Å²) >= 11 is 0. The average Bonchev–Trinajstić information content (AvgIpc) is 2.65. The normalized spacial score (nSPS) is 11.3. The van der Waals surface area contributed by atoms with Crippen LogP contribution in [0.2, 0.25) is 0 Å². The van der Waals surface area contributed by atoms with E-state index in [-0.39, 0.29) is 5.56 Å². The van der Waals surface area contributed by atoms with Gasteiger partial charge in [-0.2, -0.15) is 5.10 Å². The second-order valence-electron chi connectivity index (χ2n) is 7.62. The van der Waals surface area contributed by atoms with E-state index in [2.05, 4.69) is 55.3 Å². The number of aromatic nitrogens is 2. The topological polar surface area (TPSA) is 38.1 Å². The van der Waals surface area contributed by atoms with Crippen molar-refractivity contribution in [3.8, 4) is 22.4 Å². The molecule has 0 radical (unpaired) electrons. The van der Waals surface area contributed by atoms with E-state index in [1.165, 1.54) is 11.1 Å². The largest absolute Gasteiger partial charge is 0.305 e. The van der Waals surface area contributed by atoms with E-state index in [4.69, 9.17) is 0 Å². The molecule has 0 saturated heterocycles. The van der Waals surface area contributed by atoms with Gasteiger partial charge < -0.3 is 4.90 Å². The molecular weight excluding hydrogens is 334 g/mol. The summed E-state index contributed by atoms with van der Waals surface area (Å²) in [5.74, 6) is 0.359. The molecule has 3 aromatic rings. The Hall–Kier alpha value is -2.72. The van der Waals surface area contributed by atoms with E-state index in [0.717, 1.165) is 16.8 Å². The van der Waals surface area contributed by atoms with Crippen LogP contribution in [0.3, 0.4) is 0 Å². The lowest BCUT2D eigenvalue weighted by molar-refractivity contribution is 0.392. The number of hydrogen-bond acceptors (Lipinski definition) is 3. The SMILES string of the molecule is CC(C)Cn1nc(-c2ccc(-c3ccccc3)cc2)cc(CN(C)C)c1=O. The van der Waals surface area contributed by atoms with Gasteiger partial charge in [-0.3, -0.25) is 4.79 Å². The third-order valence-corrected chi connectivity index (χ3v) is 4.36. The van der Waals surface area contributed by atoms with Gasteiger partial charge in [-0.15, -0.1) is 0 Å². The molecule has 4 heteroatoms. The molecule has 0 aliphatic heterocycles. The van der Waals surface area contributed by atoms with E-state index in [1.807, 2.05) is 43.3 Å². The summed E-state index contributed by atoms with van der Waals surface area (Å²) in [6, 6.07) is 20.6. The number of rotatable bonds is 6. The lowest BCUT2D eigenvalue weighted by Gasteiger charge is -2.15. The Morgan fingerprint density at radius 2 is 1.52 bits per heavy atom. The Bertz CT molecular complexity index is 907. The van der Waals surface area contributed by atoms with Crippen molar-refractivity contribution in [2.75, 3.05) is 14.1 Å². The Balaban J connectivity index is 2.01. The second-order valence-corrected chi connectivity index (χ2v) is 7.62. The fourth-order valence-electron chi connectivity index (χ4n) is 3.13. The van der Waals surface area contributed by atoms with Gasteiger partial charge in [0.2, 0.25) is 0 Å². The Morgan fingerprint density at radius 1 is 0.926 bits per heavy atom. The van der Waals surface area contributed by atoms with Crippen molar-refractivity contribution >= 4 is 0 Å². The van der Waals surface area contributed by atoms with Gasteiger partial charge in [0.1, 0.15) is 0 Å². The lowest BCUT2D eigenvalue weighted by Crippen LogP contribution is -2.30. The summed E-state index contributed by atoms with van der Waals surface area (Å²) in [6.07, 6.45) is 0. The van der Waals surface area contributed by atoms with Crippen LogP contribution < -0.4 is 5.56 Å². The Kier molecular flexibility index (Phi) is 5.87. The van der Waals surface area contributed by atoms with Gasteiger partial charge in [0.05, 0.1) is 5.69 Å². The molecule has 0 amide bonds. The van der Waals surface area contributed by atoms with Crippen LogP contribution in [0, 0.1) is 5.92 Å². The summed E-state index contributed by atoms with van der Waals surface area (Å²) in [5, 5.41) is 4.64. The maximum absolute atomic E-state index is 12.7. The first-order valence-electron chi connectivity index (χ1n) is 9.35. The zero-order chi connectivity index (χ0) is 19.4. The fourth-order valence-corrected chi connectivity index (χ4v) is 3.13. The second kappa shape index (κ2) is 8.31. The lowest BCUT2D eigenvalue weighted by atomic mass is 10.0. The van der Waals surface area contributed by atoms with Crippen LogP contribution >= 0.6 is 0 Å². The predicted octanol–water partition coefficient (Wildman–Crippen LogP) is 4.29. The van der Waals surface area contributed by atoms with Crippen molar-refractivity contribution in [1.82, 2.24) is 14.7 Å². The van der Waals surface area contributed by atoms with E-state index < -0.39 is 0 Å². The van der Waals surface area contributed by atoms with Crippen molar-refractivity contribution in [3.05, 3.63) is 76.6 Å². The van der Waals surface area contributed by atoms with Gasteiger partial charge in [0.15, 0.2) is 0 Å². The Morgan fingerprint density at radius 3 is 2.11 bits per heavy atom. The third kappa shape index (κ3) is 4.72. The van der Waals surface area contributed by atoms with Crippen molar-refractivity contribution in [2.24, 2.45) is 5.92 Å². The van der Waals surface area contributed by atoms with Gasteiger partial charge in [-0.05, 0) is 37.2 Å². The standard InChI is InChI=1S/C23H27N3O/c1-17(2)15-26-23(27)21(16-25(3)4)14-22(24-26)20-12-10-19(11-13-20)18-8-6-5-7-9-18/h5-14,17H,15-16H2,1-4H3. The van der Waals surface area contributed by atoms with Crippen LogP contribution in [-0.4, -0.2) is 28.8 Å². The van der Waals surface area contributed by atoms with Crippen LogP contribution in [0.4, 0.5) is 0 Å². The van der Waals surface area contributed by atoms with Crippen molar-refractivity contribution in [2.45, 2.75) is 26.9 Å². The minimum Gasteiger partial charge on any atom is -0.305 e. The van der Waals surface area contributed by atoms with Crippen molar-refractivity contribution < 1.29 is 0 Å².